The van der Waals surface area contributed by atoms with Crippen LogP contribution in [0.4, 0.5) is 18.0 Å². The Labute approximate surface area is 172 Å². The summed E-state index contributed by atoms with van der Waals surface area (Å²) in [6.07, 6.45) is -3.96. The monoisotopic (exact) mass is 417 g/mol. The predicted molar refractivity (Wildman–Crippen MR) is 104 cm³/mol. The topological polar surface area (TPSA) is 43.9 Å². The molecule has 0 radical (unpaired) electrons. The molecular formula is C22H22F3N3O2. The number of carbonyl (C=O) groups is 2. The van der Waals surface area contributed by atoms with Gasteiger partial charge in [0, 0.05) is 33.1 Å². The van der Waals surface area contributed by atoms with Crippen molar-refractivity contribution in [2.24, 2.45) is 0 Å². The molecule has 0 saturated carbocycles. The summed E-state index contributed by atoms with van der Waals surface area (Å²) in [6, 6.07) is 13.4. The number of amides is 3. The lowest BCUT2D eigenvalue weighted by Crippen LogP contribution is -2.60. The number of urea groups is 1. The zero-order valence-electron chi connectivity index (χ0n) is 16.5. The van der Waals surface area contributed by atoms with Crippen molar-refractivity contribution in [3.05, 3.63) is 71.3 Å². The Kier molecular flexibility index (Phi) is 5.17. The van der Waals surface area contributed by atoms with Crippen molar-refractivity contribution >= 4 is 11.9 Å². The van der Waals surface area contributed by atoms with Crippen LogP contribution in [0, 0.1) is 0 Å². The fourth-order valence-corrected chi connectivity index (χ4v) is 4.23. The molecule has 5 nitrogen and oxygen atoms in total. The average Bonchev–Trinajstić information content (AvgIpc) is 3.01. The summed E-state index contributed by atoms with van der Waals surface area (Å²) in [5.41, 5.74) is 0.876. The average molecular weight is 417 g/mol. The zero-order valence-corrected chi connectivity index (χ0v) is 16.5. The highest BCUT2D eigenvalue weighted by molar-refractivity contribution is 5.90. The SMILES string of the molecule is CN1C[C@H]2CN(Cc3ccc(C(F)(F)F)cc3)C(=O)N2[C@@H](Cc2ccccc2)C1=O. The third kappa shape index (κ3) is 3.86. The maximum atomic E-state index is 13.1. The van der Waals surface area contributed by atoms with Gasteiger partial charge in [-0.15, -0.1) is 0 Å². The number of fused-ring (bicyclic) bond motifs is 1. The molecule has 0 aliphatic carbocycles. The molecule has 0 aromatic heterocycles. The number of alkyl halides is 3. The van der Waals surface area contributed by atoms with Crippen molar-refractivity contribution in [2.45, 2.75) is 31.2 Å². The Morgan fingerprint density at radius 3 is 2.23 bits per heavy atom. The second-order valence-corrected chi connectivity index (χ2v) is 7.84. The lowest BCUT2D eigenvalue weighted by Gasteiger charge is -2.40. The van der Waals surface area contributed by atoms with E-state index in [9.17, 15) is 22.8 Å². The van der Waals surface area contributed by atoms with Crippen LogP contribution < -0.4 is 0 Å². The lowest BCUT2D eigenvalue weighted by atomic mass is 9.99. The van der Waals surface area contributed by atoms with Gasteiger partial charge in [0.1, 0.15) is 6.04 Å². The fraction of sp³-hybridized carbons (Fsp3) is 0.364. The highest BCUT2D eigenvalue weighted by Crippen LogP contribution is 2.31. The Morgan fingerprint density at radius 2 is 1.60 bits per heavy atom. The minimum atomic E-state index is -4.39. The molecule has 2 aliphatic rings. The molecule has 158 valence electrons. The van der Waals surface area contributed by atoms with Crippen LogP contribution in [0.1, 0.15) is 16.7 Å². The quantitative estimate of drug-likeness (QED) is 0.766. The van der Waals surface area contributed by atoms with E-state index in [4.69, 9.17) is 0 Å². The molecule has 30 heavy (non-hydrogen) atoms. The van der Waals surface area contributed by atoms with E-state index in [1.807, 2.05) is 30.3 Å². The van der Waals surface area contributed by atoms with Crippen LogP contribution in [0.5, 0.6) is 0 Å². The second kappa shape index (κ2) is 7.66. The molecule has 2 heterocycles. The van der Waals surface area contributed by atoms with Crippen LogP contribution in [0.25, 0.3) is 0 Å². The summed E-state index contributed by atoms with van der Waals surface area (Å²) < 4.78 is 38.3. The first-order chi connectivity index (χ1) is 14.2. The Hall–Kier alpha value is -3.03. The van der Waals surface area contributed by atoms with Crippen molar-refractivity contribution in [3.63, 3.8) is 0 Å². The van der Waals surface area contributed by atoms with Gasteiger partial charge < -0.3 is 14.7 Å². The zero-order chi connectivity index (χ0) is 21.5. The Balaban J connectivity index is 1.52. The fourth-order valence-electron chi connectivity index (χ4n) is 4.23. The molecular weight excluding hydrogens is 395 g/mol. The maximum absolute atomic E-state index is 13.1. The molecule has 2 atom stereocenters. The van der Waals surface area contributed by atoms with Crippen molar-refractivity contribution in [1.82, 2.24) is 14.7 Å². The highest BCUT2D eigenvalue weighted by Gasteiger charge is 2.48. The van der Waals surface area contributed by atoms with Gasteiger partial charge in [-0.25, -0.2) is 4.79 Å². The number of hydrogen-bond acceptors (Lipinski definition) is 2. The number of rotatable bonds is 4. The van der Waals surface area contributed by atoms with Crippen LogP contribution in [0.2, 0.25) is 0 Å². The second-order valence-electron chi connectivity index (χ2n) is 7.84. The molecule has 0 unspecified atom stereocenters. The van der Waals surface area contributed by atoms with Crippen LogP contribution in [0.3, 0.4) is 0 Å². The molecule has 2 aromatic rings. The van der Waals surface area contributed by atoms with E-state index in [1.165, 1.54) is 12.1 Å². The van der Waals surface area contributed by atoms with Gasteiger partial charge in [0.15, 0.2) is 0 Å². The normalized spacial score (nSPS) is 21.9. The van der Waals surface area contributed by atoms with Crippen LogP contribution in [-0.2, 0) is 23.9 Å². The van der Waals surface area contributed by atoms with E-state index in [0.717, 1.165) is 17.7 Å². The van der Waals surface area contributed by atoms with E-state index < -0.39 is 17.8 Å². The van der Waals surface area contributed by atoms with E-state index >= 15 is 0 Å². The summed E-state index contributed by atoms with van der Waals surface area (Å²) in [5.74, 6) is -0.0974. The van der Waals surface area contributed by atoms with Gasteiger partial charge in [-0.1, -0.05) is 42.5 Å². The molecule has 2 fully saturated rings. The number of halogens is 3. The van der Waals surface area contributed by atoms with E-state index in [-0.39, 0.29) is 24.5 Å². The minimum Gasteiger partial charge on any atom is -0.342 e. The first-order valence-corrected chi connectivity index (χ1v) is 9.76. The van der Waals surface area contributed by atoms with Crippen LogP contribution >= 0.6 is 0 Å². The third-order valence-electron chi connectivity index (χ3n) is 5.72. The summed E-state index contributed by atoms with van der Waals surface area (Å²) in [4.78, 5) is 30.9. The summed E-state index contributed by atoms with van der Waals surface area (Å²) >= 11 is 0. The van der Waals surface area contributed by atoms with Crippen LogP contribution in [-0.4, -0.2) is 58.9 Å². The van der Waals surface area contributed by atoms with Gasteiger partial charge in [0.25, 0.3) is 0 Å². The smallest absolute Gasteiger partial charge is 0.342 e. The van der Waals surface area contributed by atoms with Gasteiger partial charge in [-0.3, -0.25) is 4.79 Å². The Morgan fingerprint density at radius 1 is 0.933 bits per heavy atom. The highest BCUT2D eigenvalue weighted by atomic mass is 19.4. The van der Waals surface area contributed by atoms with Gasteiger partial charge in [0.05, 0.1) is 11.6 Å². The molecule has 0 bridgehead atoms. The van der Waals surface area contributed by atoms with Crippen molar-refractivity contribution in [2.75, 3.05) is 20.1 Å². The largest absolute Gasteiger partial charge is 0.416 e. The number of likely N-dealkylation sites (N-methyl/N-ethyl adjacent to an activating group) is 1. The molecule has 4 rings (SSSR count). The van der Waals surface area contributed by atoms with E-state index in [1.54, 1.807) is 21.7 Å². The number of nitrogens with zero attached hydrogens (tertiary/aromatic N) is 3. The maximum Gasteiger partial charge on any atom is 0.416 e. The molecule has 8 heteroatoms. The standard InChI is InChI=1S/C22H22F3N3O2/c1-26-13-18-14-27(12-16-7-9-17(10-8-16)22(23,24)25)21(30)28(18)19(20(26)29)11-15-5-3-2-4-6-15/h2-10,18-19H,11-14H2,1H3/t18-,19-/m0/s1. The third-order valence-corrected chi connectivity index (χ3v) is 5.72. The van der Waals surface area contributed by atoms with Crippen molar-refractivity contribution in [3.8, 4) is 0 Å². The molecule has 2 aromatic carbocycles. The first kappa shape index (κ1) is 20.3. The van der Waals surface area contributed by atoms with Gasteiger partial charge in [-0.2, -0.15) is 13.2 Å². The number of benzene rings is 2. The Bertz CT molecular complexity index is 931. The van der Waals surface area contributed by atoms with E-state index in [0.29, 0.717) is 25.1 Å². The number of carbonyl (C=O) groups excluding carboxylic acids is 2. The summed E-state index contributed by atoms with van der Waals surface area (Å²) in [7, 11) is 1.74. The molecule has 0 spiro atoms. The molecule has 2 saturated heterocycles. The lowest BCUT2D eigenvalue weighted by molar-refractivity contribution is -0.140. The number of piperazine rings is 1. The summed E-state index contributed by atoms with van der Waals surface area (Å²) in [5, 5.41) is 0. The predicted octanol–water partition coefficient (Wildman–Crippen LogP) is 3.39. The van der Waals surface area contributed by atoms with Crippen LogP contribution in [0.15, 0.2) is 54.6 Å². The van der Waals surface area contributed by atoms with Gasteiger partial charge >= 0.3 is 12.2 Å². The minimum absolute atomic E-state index is 0.0974. The van der Waals surface area contributed by atoms with Gasteiger partial charge in [-0.05, 0) is 23.3 Å². The first-order valence-electron chi connectivity index (χ1n) is 9.76. The van der Waals surface area contributed by atoms with Crippen molar-refractivity contribution < 1.29 is 22.8 Å². The molecule has 0 N–H and O–H groups in total. The summed E-state index contributed by atoms with van der Waals surface area (Å²) in [6.45, 7) is 1.09. The van der Waals surface area contributed by atoms with Crippen molar-refractivity contribution in [1.29, 1.82) is 0 Å². The molecule has 2 aliphatic heterocycles. The molecule has 3 amide bonds. The van der Waals surface area contributed by atoms with Gasteiger partial charge in [0.2, 0.25) is 5.91 Å². The number of hydrogen-bond donors (Lipinski definition) is 0. The van der Waals surface area contributed by atoms with E-state index in [2.05, 4.69) is 0 Å².